The number of nitrogens with zero attached hydrogens (tertiary/aromatic N) is 3. The van der Waals surface area contributed by atoms with E-state index < -0.39 is 57.7 Å². The first-order chi connectivity index (χ1) is 16.4. The Bertz CT molecular complexity index is 1290. The second-order valence-corrected chi connectivity index (χ2v) is 10.9. The van der Waals surface area contributed by atoms with E-state index in [1.807, 2.05) is 4.72 Å². The molecule has 0 spiro atoms. The molecule has 2 aromatic rings. The number of alkyl halides is 2. The number of amidine groups is 1. The standard InChI is InChI=1S/C22H21F5N4O3S/c1-35(32,33)30-18-9-31(10-22(18,26)27)19-7-17(34-29-19)21-14(4-12(8-28-21)11-2-3-11)20-15(24)5-13(23)6-16(20)25/h4-6,8,11,17-18,30H,2-3,7,9-10H2,1H3/t17?,18-/m1/s1. The Morgan fingerprint density at radius 2 is 1.83 bits per heavy atom. The number of rotatable bonds is 5. The van der Waals surface area contributed by atoms with E-state index >= 15 is 0 Å². The molecule has 3 heterocycles. The molecule has 1 aliphatic carbocycles. The van der Waals surface area contributed by atoms with Gasteiger partial charge in [-0.1, -0.05) is 5.16 Å². The summed E-state index contributed by atoms with van der Waals surface area (Å²) in [6, 6.07) is 1.10. The fourth-order valence-corrected chi connectivity index (χ4v) is 5.21. The molecule has 0 amide bonds. The molecule has 1 unspecified atom stereocenters. The summed E-state index contributed by atoms with van der Waals surface area (Å²) in [5, 5.41) is 3.88. The van der Waals surface area contributed by atoms with Crippen molar-refractivity contribution in [3.8, 4) is 11.1 Å². The smallest absolute Gasteiger partial charge is 0.282 e. The van der Waals surface area contributed by atoms with Gasteiger partial charge in [-0.05, 0) is 30.4 Å². The zero-order valence-electron chi connectivity index (χ0n) is 18.4. The van der Waals surface area contributed by atoms with Gasteiger partial charge in [0, 0.05) is 30.4 Å². The number of benzene rings is 1. The van der Waals surface area contributed by atoms with Crippen molar-refractivity contribution in [2.45, 2.75) is 43.2 Å². The van der Waals surface area contributed by atoms with Crippen LogP contribution in [0, 0.1) is 17.5 Å². The Morgan fingerprint density at radius 1 is 1.14 bits per heavy atom. The SMILES string of the molecule is CS(=O)(=O)N[C@@H]1CN(C2=NOC(c3ncc(C4CC4)cc3-c3c(F)cc(F)cc3F)C2)CC1(F)F. The van der Waals surface area contributed by atoms with E-state index in [1.165, 1.54) is 4.90 Å². The van der Waals surface area contributed by atoms with Crippen LogP contribution in [0.25, 0.3) is 11.1 Å². The normalized spacial score (nSPS) is 23.9. The molecule has 3 aliphatic rings. The summed E-state index contributed by atoms with van der Waals surface area (Å²) in [7, 11) is -3.87. The molecule has 35 heavy (non-hydrogen) atoms. The topological polar surface area (TPSA) is 83.9 Å². The molecule has 7 nitrogen and oxygen atoms in total. The van der Waals surface area contributed by atoms with E-state index in [-0.39, 0.29) is 36.0 Å². The van der Waals surface area contributed by atoms with Gasteiger partial charge in [0.1, 0.15) is 29.3 Å². The molecule has 1 N–H and O–H groups in total. The van der Waals surface area contributed by atoms with Crippen LogP contribution in [0.1, 0.15) is 42.5 Å². The molecule has 5 rings (SSSR count). The van der Waals surface area contributed by atoms with E-state index in [1.54, 1.807) is 12.3 Å². The van der Waals surface area contributed by atoms with Gasteiger partial charge in [0.2, 0.25) is 10.0 Å². The highest BCUT2D eigenvalue weighted by molar-refractivity contribution is 7.88. The first kappa shape index (κ1) is 23.9. The number of sulfonamides is 1. The minimum atomic E-state index is -3.87. The molecule has 1 aromatic heterocycles. The molecule has 0 radical (unpaired) electrons. The lowest BCUT2D eigenvalue weighted by molar-refractivity contribution is -0.00123. The average molecular weight is 516 g/mol. The van der Waals surface area contributed by atoms with Crippen molar-refractivity contribution in [2.24, 2.45) is 5.16 Å². The zero-order valence-corrected chi connectivity index (χ0v) is 19.3. The molecule has 13 heteroatoms. The third-order valence-corrected chi connectivity index (χ3v) is 6.97. The van der Waals surface area contributed by atoms with Crippen LogP contribution in [0.3, 0.4) is 0 Å². The quantitative estimate of drug-likeness (QED) is 0.613. The van der Waals surface area contributed by atoms with E-state index in [4.69, 9.17) is 4.84 Å². The highest BCUT2D eigenvalue weighted by Gasteiger charge is 2.51. The van der Waals surface area contributed by atoms with Crippen LogP contribution in [-0.2, 0) is 14.9 Å². The molecular weight excluding hydrogens is 495 g/mol. The number of aromatic nitrogens is 1. The van der Waals surface area contributed by atoms with Crippen LogP contribution in [0.2, 0.25) is 0 Å². The molecule has 1 saturated carbocycles. The summed E-state index contributed by atoms with van der Waals surface area (Å²) in [4.78, 5) is 11.0. The number of likely N-dealkylation sites (tertiary alicyclic amines) is 1. The van der Waals surface area contributed by atoms with Crippen molar-refractivity contribution < 1.29 is 35.2 Å². The van der Waals surface area contributed by atoms with Crippen LogP contribution < -0.4 is 4.72 Å². The summed E-state index contributed by atoms with van der Waals surface area (Å²) in [5.74, 6) is -6.28. The van der Waals surface area contributed by atoms with Crippen LogP contribution >= 0.6 is 0 Å². The van der Waals surface area contributed by atoms with Crippen molar-refractivity contribution in [3.63, 3.8) is 0 Å². The number of oxime groups is 1. The number of halogens is 5. The van der Waals surface area contributed by atoms with Crippen LogP contribution in [0.4, 0.5) is 22.0 Å². The van der Waals surface area contributed by atoms with Gasteiger partial charge >= 0.3 is 0 Å². The van der Waals surface area contributed by atoms with E-state index in [2.05, 4.69) is 10.1 Å². The fourth-order valence-electron chi connectivity index (χ4n) is 4.45. The van der Waals surface area contributed by atoms with E-state index in [9.17, 15) is 30.4 Å². The Kier molecular flexibility index (Phi) is 5.74. The number of nitrogens with one attached hydrogen (secondary N) is 1. The molecule has 2 atom stereocenters. The van der Waals surface area contributed by atoms with Crippen LogP contribution in [-0.4, -0.2) is 55.4 Å². The van der Waals surface area contributed by atoms with Gasteiger partial charge in [-0.15, -0.1) is 0 Å². The molecule has 1 aromatic carbocycles. The minimum Gasteiger partial charge on any atom is -0.384 e. The second-order valence-electron chi connectivity index (χ2n) is 9.11. The highest BCUT2D eigenvalue weighted by Crippen LogP contribution is 2.44. The van der Waals surface area contributed by atoms with Gasteiger partial charge in [-0.2, -0.15) is 0 Å². The lowest BCUT2D eigenvalue weighted by atomic mass is 9.96. The summed E-state index contributed by atoms with van der Waals surface area (Å²) in [5.41, 5.74) is 0.530. The molecule has 0 bridgehead atoms. The Balaban J connectivity index is 1.43. The van der Waals surface area contributed by atoms with E-state index in [0.29, 0.717) is 12.1 Å². The molecule has 1 saturated heterocycles. The predicted octanol–water partition coefficient (Wildman–Crippen LogP) is 3.69. The van der Waals surface area contributed by atoms with Crippen molar-refractivity contribution in [3.05, 3.63) is 53.1 Å². The summed E-state index contributed by atoms with van der Waals surface area (Å²) < 4.78 is 96.5. The van der Waals surface area contributed by atoms with Crippen LogP contribution in [0.15, 0.2) is 29.6 Å². The molecular formula is C22H21F5N4O3S. The van der Waals surface area contributed by atoms with Crippen LogP contribution in [0.5, 0.6) is 0 Å². The van der Waals surface area contributed by atoms with Crippen molar-refractivity contribution in [1.82, 2.24) is 14.6 Å². The fraction of sp³-hybridized carbons (Fsp3) is 0.455. The first-order valence-corrected chi connectivity index (χ1v) is 12.8. The lowest BCUT2D eigenvalue weighted by Crippen LogP contribution is -2.46. The molecule has 2 fully saturated rings. The number of pyridine rings is 1. The third-order valence-electron chi connectivity index (χ3n) is 6.26. The number of hydrogen-bond donors (Lipinski definition) is 1. The van der Waals surface area contributed by atoms with E-state index in [0.717, 1.165) is 24.7 Å². The lowest BCUT2D eigenvalue weighted by Gasteiger charge is -2.18. The maximum Gasteiger partial charge on any atom is 0.282 e. The van der Waals surface area contributed by atoms with Gasteiger partial charge in [-0.3, -0.25) is 4.98 Å². The Hall–Kier alpha value is -2.80. The van der Waals surface area contributed by atoms with Gasteiger partial charge in [-0.25, -0.2) is 35.1 Å². The van der Waals surface area contributed by atoms with Gasteiger partial charge in [0.25, 0.3) is 5.92 Å². The Morgan fingerprint density at radius 3 is 2.46 bits per heavy atom. The maximum absolute atomic E-state index is 14.7. The summed E-state index contributed by atoms with van der Waals surface area (Å²) in [6.45, 7) is -1.12. The maximum atomic E-state index is 14.7. The van der Waals surface area contributed by atoms with Crippen molar-refractivity contribution in [1.29, 1.82) is 0 Å². The number of hydrogen-bond acceptors (Lipinski definition) is 6. The highest BCUT2D eigenvalue weighted by atomic mass is 32.2. The second kappa shape index (κ2) is 8.40. The zero-order chi connectivity index (χ0) is 25.1. The molecule has 2 aliphatic heterocycles. The predicted molar refractivity (Wildman–Crippen MR) is 116 cm³/mol. The third kappa shape index (κ3) is 4.83. The Labute approximate surface area is 198 Å². The minimum absolute atomic E-state index is 0.0329. The molecule has 188 valence electrons. The van der Waals surface area contributed by atoms with Crippen molar-refractivity contribution in [2.75, 3.05) is 19.3 Å². The average Bonchev–Trinajstić information content (AvgIpc) is 3.40. The van der Waals surface area contributed by atoms with Gasteiger partial charge in [0.15, 0.2) is 6.10 Å². The van der Waals surface area contributed by atoms with Gasteiger partial charge < -0.3 is 9.74 Å². The van der Waals surface area contributed by atoms with Gasteiger partial charge in [0.05, 0.1) is 30.5 Å². The summed E-state index contributed by atoms with van der Waals surface area (Å²) in [6.07, 6.45) is 3.22. The summed E-state index contributed by atoms with van der Waals surface area (Å²) >= 11 is 0. The first-order valence-electron chi connectivity index (χ1n) is 10.9. The van der Waals surface area contributed by atoms with Crippen molar-refractivity contribution >= 4 is 15.9 Å². The monoisotopic (exact) mass is 516 g/mol. The largest absolute Gasteiger partial charge is 0.384 e.